The van der Waals surface area contributed by atoms with E-state index in [2.05, 4.69) is 28.6 Å². The van der Waals surface area contributed by atoms with Gasteiger partial charge in [0, 0.05) is 18.6 Å². The second kappa shape index (κ2) is 9.14. The fraction of sp³-hybridized carbons (Fsp3) is 0.545. The molecule has 0 spiro atoms. The summed E-state index contributed by atoms with van der Waals surface area (Å²) in [5, 5.41) is 0.829. The Morgan fingerprint density at radius 1 is 1.17 bits per heavy atom. The Hall–Kier alpha value is -1.80. The zero-order valence-electron chi connectivity index (χ0n) is 17.4. The van der Waals surface area contributed by atoms with Gasteiger partial charge in [0.1, 0.15) is 0 Å². The van der Waals surface area contributed by atoms with Gasteiger partial charge in [-0.25, -0.2) is 13.4 Å². The lowest BCUT2D eigenvalue weighted by Crippen LogP contribution is -2.47. The Kier molecular flexibility index (Phi) is 6.53. The van der Waals surface area contributed by atoms with Gasteiger partial charge in [-0.05, 0) is 31.7 Å². The predicted molar refractivity (Wildman–Crippen MR) is 120 cm³/mol. The number of thioether (sulfide) groups is 1. The van der Waals surface area contributed by atoms with Crippen LogP contribution in [0.1, 0.15) is 39.0 Å². The first kappa shape index (κ1) is 21.4. The minimum absolute atomic E-state index is 0.0425. The highest BCUT2D eigenvalue weighted by Crippen LogP contribution is 2.31. The quantitative estimate of drug-likeness (QED) is 0.606. The van der Waals surface area contributed by atoms with Crippen molar-refractivity contribution >= 4 is 27.5 Å². The number of hydrogen-bond acceptors (Lipinski definition) is 5. The molecule has 30 heavy (non-hydrogen) atoms. The Bertz CT molecular complexity index is 982. The van der Waals surface area contributed by atoms with Crippen molar-refractivity contribution in [1.82, 2.24) is 14.5 Å². The Balaban J connectivity index is 1.49. The van der Waals surface area contributed by atoms with Crippen molar-refractivity contribution in [3.05, 3.63) is 36.5 Å². The van der Waals surface area contributed by atoms with E-state index in [1.807, 2.05) is 29.3 Å². The number of carbonyl (C=O) groups excluding carboxylic acids is 1. The van der Waals surface area contributed by atoms with Crippen LogP contribution in [0.4, 0.5) is 0 Å². The van der Waals surface area contributed by atoms with Crippen molar-refractivity contribution in [1.29, 1.82) is 0 Å². The summed E-state index contributed by atoms with van der Waals surface area (Å²) in [6.07, 6.45) is 6.62. The molecule has 2 aromatic rings. The molecule has 1 amide bonds. The van der Waals surface area contributed by atoms with Gasteiger partial charge in [-0.2, -0.15) is 0 Å². The van der Waals surface area contributed by atoms with Crippen molar-refractivity contribution in [3.8, 4) is 11.3 Å². The number of aromatic nitrogens is 2. The van der Waals surface area contributed by atoms with Crippen molar-refractivity contribution in [3.63, 3.8) is 0 Å². The molecule has 1 aliphatic carbocycles. The maximum Gasteiger partial charge on any atom is 0.233 e. The van der Waals surface area contributed by atoms with Crippen LogP contribution < -0.4 is 0 Å². The molecule has 0 bridgehead atoms. The zero-order chi connectivity index (χ0) is 21.1. The van der Waals surface area contributed by atoms with Crippen LogP contribution in [-0.4, -0.2) is 58.1 Å². The molecule has 1 aliphatic heterocycles. The minimum atomic E-state index is -3.03. The number of hydrogen-bond donors (Lipinski definition) is 0. The first-order valence-electron chi connectivity index (χ1n) is 10.7. The highest BCUT2D eigenvalue weighted by Gasteiger charge is 2.38. The first-order valence-corrected chi connectivity index (χ1v) is 13.5. The number of sulfone groups is 1. The van der Waals surface area contributed by atoms with Crippen LogP contribution in [0.15, 0.2) is 41.7 Å². The van der Waals surface area contributed by atoms with E-state index >= 15 is 0 Å². The Morgan fingerprint density at radius 2 is 1.90 bits per heavy atom. The lowest BCUT2D eigenvalue weighted by molar-refractivity contribution is -0.132. The molecule has 0 radical (unpaired) electrons. The molecule has 6 nitrogen and oxygen atoms in total. The van der Waals surface area contributed by atoms with E-state index in [-0.39, 0.29) is 35.2 Å². The van der Waals surface area contributed by atoms with Crippen LogP contribution in [0, 0.1) is 0 Å². The lowest BCUT2D eigenvalue weighted by Gasteiger charge is -2.34. The maximum absolute atomic E-state index is 13.3. The van der Waals surface area contributed by atoms with Gasteiger partial charge in [-0.15, -0.1) is 0 Å². The van der Waals surface area contributed by atoms with Crippen LogP contribution in [0.3, 0.4) is 0 Å². The van der Waals surface area contributed by atoms with Crippen LogP contribution in [0.2, 0.25) is 0 Å². The fourth-order valence-electron chi connectivity index (χ4n) is 4.70. The minimum Gasteiger partial charge on any atom is -0.335 e. The zero-order valence-corrected chi connectivity index (χ0v) is 19.0. The molecule has 0 unspecified atom stereocenters. The molecule has 1 saturated heterocycles. The van der Waals surface area contributed by atoms with Gasteiger partial charge in [0.05, 0.1) is 29.1 Å². The number of nitrogens with zero attached hydrogens (tertiary/aromatic N) is 3. The van der Waals surface area contributed by atoms with Gasteiger partial charge in [0.15, 0.2) is 15.0 Å². The van der Waals surface area contributed by atoms with Crippen molar-refractivity contribution in [2.24, 2.45) is 0 Å². The molecule has 2 aliphatic rings. The average molecular weight is 448 g/mol. The molecular formula is C22H29N3O3S2. The Morgan fingerprint density at radius 3 is 2.53 bits per heavy atom. The molecule has 1 saturated carbocycles. The van der Waals surface area contributed by atoms with E-state index in [0.29, 0.717) is 6.42 Å². The standard InChI is InChI=1S/C22H29N3O3S2/c1-2-24-20(17-8-4-3-5-9-17)14-23-22(24)29-15-21(26)25(18-10-6-7-11-18)19-12-13-30(27,28)16-19/h3-5,8-9,14,18-19H,2,6-7,10-13,15-16H2,1H3/t19-/m0/s1. The van der Waals surface area contributed by atoms with Crippen LogP contribution in [0.25, 0.3) is 11.3 Å². The summed E-state index contributed by atoms with van der Waals surface area (Å²) in [5.41, 5.74) is 2.15. The first-order chi connectivity index (χ1) is 14.5. The van der Waals surface area contributed by atoms with Crippen molar-refractivity contribution in [2.75, 3.05) is 17.3 Å². The molecule has 4 rings (SSSR count). The van der Waals surface area contributed by atoms with Crippen LogP contribution >= 0.6 is 11.8 Å². The maximum atomic E-state index is 13.3. The molecule has 1 aromatic carbocycles. The fourth-order valence-corrected chi connectivity index (χ4v) is 7.33. The summed E-state index contributed by atoms with van der Waals surface area (Å²) in [6.45, 7) is 2.85. The number of imidazole rings is 1. The molecule has 2 heterocycles. The van der Waals surface area contributed by atoms with E-state index in [1.54, 1.807) is 0 Å². The number of rotatable bonds is 7. The Labute approximate surface area is 183 Å². The monoisotopic (exact) mass is 447 g/mol. The molecule has 2 fully saturated rings. The number of benzene rings is 1. The molecule has 1 aromatic heterocycles. The smallest absolute Gasteiger partial charge is 0.233 e. The molecule has 8 heteroatoms. The number of amides is 1. The summed E-state index contributed by atoms with van der Waals surface area (Å²) in [5.74, 6) is 0.642. The third kappa shape index (κ3) is 4.59. The predicted octanol–water partition coefficient (Wildman–Crippen LogP) is 3.62. The average Bonchev–Trinajstić information content (AvgIpc) is 3.47. The van der Waals surface area contributed by atoms with E-state index in [4.69, 9.17) is 0 Å². The topological polar surface area (TPSA) is 72.3 Å². The summed E-state index contributed by atoms with van der Waals surface area (Å²) < 4.78 is 26.2. The highest BCUT2D eigenvalue weighted by molar-refractivity contribution is 7.99. The molecule has 0 N–H and O–H groups in total. The second-order valence-corrected chi connectivity index (χ2v) is 11.3. The number of carbonyl (C=O) groups is 1. The van der Waals surface area contributed by atoms with Crippen molar-refractivity contribution < 1.29 is 13.2 Å². The summed E-state index contributed by atoms with van der Waals surface area (Å²) in [4.78, 5) is 19.7. The lowest BCUT2D eigenvalue weighted by atomic mass is 10.1. The largest absolute Gasteiger partial charge is 0.335 e. The molecular weight excluding hydrogens is 418 g/mol. The van der Waals surface area contributed by atoms with Gasteiger partial charge in [0.25, 0.3) is 0 Å². The van der Waals surface area contributed by atoms with E-state index in [9.17, 15) is 13.2 Å². The normalized spacial score (nSPS) is 21.2. The summed E-state index contributed by atoms with van der Waals surface area (Å²) >= 11 is 1.45. The SMILES string of the molecule is CCn1c(-c2ccccc2)cnc1SCC(=O)N(C1CCCC1)[C@H]1CCS(=O)(=O)C1. The molecule has 162 valence electrons. The van der Waals surface area contributed by atoms with Gasteiger partial charge in [-0.3, -0.25) is 4.79 Å². The van der Waals surface area contributed by atoms with Gasteiger partial charge < -0.3 is 9.47 Å². The highest BCUT2D eigenvalue weighted by atomic mass is 32.2. The summed E-state index contributed by atoms with van der Waals surface area (Å²) in [7, 11) is -3.03. The van der Waals surface area contributed by atoms with Crippen LogP contribution in [-0.2, 0) is 21.2 Å². The van der Waals surface area contributed by atoms with Gasteiger partial charge >= 0.3 is 0 Å². The third-order valence-corrected chi connectivity index (χ3v) is 8.86. The van der Waals surface area contributed by atoms with Gasteiger partial charge in [0.2, 0.25) is 5.91 Å². The van der Waals surface area contributed by atoms with Gasteiger partial charge in [-0.1, -0.05) is 54.9 Å². The molecule has 1 atom stereocenters. The van der Waals surface area contributed by atoms with E-state index in [1.165, 1.54) is 11.8 Å². The van der Waals surface area contributed by atoms with Crippen LogP contribution in [0.5, 0.6) is 0 Å². The van der Waals surface area contributed by atoms with Crippen molar-refractivity contribution in [2.45, 2.75) is 62.8 Å². The van der Waals surface area contributed by atoms with E-state index < -0.39 is 9.84 Å². The second-order valence-electron chi connectivity index (χ2n) is 8.12. The summed E-state index contributed by atoms with van der Waals surface area (Å²) in [6, 6.07) is 10.1. The third-order valence-electron chi connectivity index (χ3n) is 6.14. The van der Waals surface area contributed by atoms with E-state index in [0.717, 1.165) is 48.6 Å².